The van der Waals surface area contributed by atoms with Crippen LogP contribution in [0.2, 0.25) is 0 Å². The number of thiophene rings is 1. The number of nitrogens with one attached hydrogen (secondary N) is 1. The minimum atomic E-state index is 0.0293. The Balaban J connectivity index is 2.09. The minimum absolute atomic E-state index is 0.0293. The van der Waals surface area contributed by atoms with Gasteiger partial charge >= 0.3 is 0 Å². The lowest BCUT2D eigenvalue weighted by molar-refractivity contribution is 0.0786. The minimum Gasteiger partial charge on any atom is -0.388 e. The van der Waals surface area contributed by atoms with E-state index < -0.39 is 0 Å². The van der Waals surface area contributed by atoms with Crippen LogP contribution in [0.4, 0.5) is 5.69 Å². The molecule has 19 heavy (non-hydrogen) atoms. The molecule has 0 aliphatic carbocycles. The van der Waals surface area contributed by atoms with Crippen LogP contribution in [-0.4, -0.2) is 24.9 Å². The third-order valence-electron chi connectivity index (χ3n) is 2.76. The molecule has 0 aliphatic rings. The first-order chi connectivity index (χ1) is 9.10. The van der Waals surface area contributed by atoms with Gasteiger partial charge in [0.1, 0.15) is 0 Å². The van der Waals surface area contributed by atoms with Crippen molar-refractivity contribution in [3.05, 3.63) is 50.6 Å². The number of benzene rings is 1. The van der Waals surface area contributed by atoms with Crippen LogP contribution in [0.25, 0.3) is 0 Å². The van der Waals surface area contributed by atoms with E-state index in [9.17, 15) is 4.79 Å². The number of halogens is 1. The van der Waals surface area contributed by atoms with Crippen molar-refractivity contribution in [2.24, 2.45) is 0 Å². The lowest BCUT2D eigenvalue weighted by Gasteiger charge is -2.16. The van der Waals surface area contributed by atoms with Crippen LogP contribution in [0.5, 0.6) is 0 Å². The van der Waals surface area contributed by atoms with E-state index in [1.807, 2.05) is 49.8 Å². The van der Waals surface area contributed by atoms with Crippen molar-refractivity contribution in [3.63, 3.8) is 0 Å². The van der Waals surface area contributed by atoms with Gasteiger partial charge in [-0.3, -0.25) is 4.79 Å². The summed E-state index contributed by atoms with van der Waals surface area (Å²) >= 11 is 5.07. The van der Waals surface area contributed by atoms with Crippen LogP contribution in [0, 0.1) is 0 Å². The molecule has 2 aromatic rings. The third-order valence-corrected chi connectivity index (χ3v) is 4.44. The van der Waals surface area contributed by atoms with E-state index >= 15 is 0 Å². The molecule has 3 nitrogen and oxygen atoms in total. The number of nitrogens with zero attached hydrogens (tertiary/aromatic N) is 1. The molecule has 0 radical (unpaired) electrons. The number of hydrogen-bond donors (Lipinski definition) is 1. The number of amides is 1. The largest absolute Gasteiger partial charge is 0.388 e. The molecule has 0 saturated heterocycles. The van der Waals surface area contributed by atoms with Gasteiger partial charge in [0.05, 0.1) is 6.54 Å². The summed E-state index contributed by atoms with van der Waals surface area (Å²) in [4.78, 5) is 15.2. The van der Waals surface area contributed by atoms with Crippen LogP contribution in [0.15, 0.2) is 40.2 Å². The van der Waals surface area contributed by atoms with Crippen molar-refractivity contribution < 1.29 is 4.79 Å². The Bertz CT molecular complexity index is 582. The molecule has 0 bridgehead atoms. The Labute approximate surface area is 125 Å². The molecule has 0 saturated carbocycles. The average molecular weight is 339 g/mol. The standard InChI is InChI=1S/C14H15BrN2OS/c1-16-12-5-3-4-10(6-12)14(18)17(2)8-13-7-11(15)9-19-13/h3-7,9,16H,8H2,1-2H3. The molecule has 1 aromatic heterocycles. The van der Waals surface area contributed by atoms with E-state index in [0.717, 1.165) is 15.0 Å². The van der Waals surface area contributed by atoms with E-state index in [1.165, 1.54) is 0 Å². The maximum absolute atomic E-state index is 12.3. The number of anilines is 1. The predicted molar refractivity (Wildman–Crippen MR) is 83.8 cm³/mol. The van der Waals surface area contributed by atoms with Crippen molar-refractivity contribution in [2.75, 3.05) is 19.4 Å². The summed E-state index contributed by atoms with van der Waals surface area (Å²) in [6.07, 6.45) is 0. The quantitative estimate of drug-likeness (QED) is 0.918. The van der Waals surface area contributed by atoms with Gasteiger partial charge in [-0.1, -0.05) is 6.07 Å². The molecule has 0 aliphatic heterocycles. The number of carbonyl (C=O) groups excluding carboxylic acids is 1. The Morgan fingerprint density at radius 3 is 2.84 bits per heavy atom. The first-order valence-electron chi connectivity index (χ1n) is 5.86. The van der Waals surface area contributed by atoms with E-state index in [1.54, 1.807) is 16.2 Å². The molecule has 0 spiro atoms. The SMILES string of the molecule is CNc1cccc(C(=O)N(C)Cc2cc(Br)cs2)c1. The number of hydrogen-bond acceptors (Lipinski definition) is 3. The second kappa shape index (κ2) is 6.21. The van der Waals surface area contributed by atoms with Gasteiger partial charge in [-0.15, -0.1) is 11.3 Å². The molecular formula is C14H15BrN2OS. The highest BCUT2D eigenvalue weighted by Crippen LogP contribution is 2.21. The third kappa shape index (κ3) is 3.58. The van der Waals surface area contributed by atoms with Crippen molar-refractivity contribution >= 4 is 38.9 Å². The van der Waals surface area contributed by atoms with Gasteiger partial charge in [0, 0.05) is 40.1 Å². The van der Waals surface area contributed by atoms with Gasteiger partial charge in [-0.05, 0) is 40.2 Å². The molecule has 1 amide bonds. The van der Waals surface area contributed by atoms with Crippen LogP contribution < -0.4 is 5.32 Å². The number of carbonyl (C=O) groups is 1. The summed E-state index contributed by atoms with van der Waals surface area (Å²) in [5, 5.41) is 5.06. The van der Waals surface area contributed by atoms with Gasteiger partial charge in [0.2, 0.25) is 0 Å². The molecule has 0 unspecified atom stereocenters. The summed E-state index contributed by atoms with van der Waals surface area (Å²) in [5.41, 5.74) is 1.64. The van der Waals surface area contributed by atoms with Crippen LogP contribution in [0.1, 0.15) is 15.2 Å². The summed E-state index contributed by atoms with van der Waals surface area (Å²) < 4.78 is 1.06. The van der Waals surface area contributed by atoms with Gasteiger partial charge in [0.15, 0.2) is 0 Å². The summed E-state index contributed by atoms with van der Waals surface area (Å²) in [6, 6.07) is 9.56. The molecule has 5 heteroatoms. The van der Waals surface area contributed by atoms with Crippen LogP contribution >= 0.6 is 27.3 Å². The first kappa shape index (κ1) is 14.1. The molecule has 0 atom stereocenters. The fourth-order valence-corrected chi connectivity index (χ4v) is 3.27. The maximum Gasteiger partial charge on any atom is 0.253 e. The Morgan fingerprint density at radius 1 is 1.42 bits per heavy atom. The van der Waals surface area contributed by atoms with Crippen LogP contribution in [0.3, 0.4) is 0 Å². The van der Waals surface area contributed by atoms with Gasteiger partial charge in [-0.25, -0.2) is 0 Å². The zero-order chi connectivity index (χ0) is 13.8. The monoisotopic (exact) mass is 338 g/mol. The fourth-order valence-electron chi connectivity index (χ4n) is 1.77. The topological polar surface area (TPSA) is 32.3 Å². The van der Waals surface area contributed by atoms with E-state index in [-0.39, 0.29) is 5.91 Å². The average Bonchev–Trinajstić information content (AvgIpc) is 2.83. The molecule has 100 valence electrons. The highest BCUT2D eigenvalue weighted by Gasteiger charge is 2.13. The van der Waals surface area contributed by atoms with E-state index in [0.29, 0.717) is 12.1 Å². The van der Waals surface area contributed by atoms with Gasteiger partial charge in [0.25, 0.3) is 5.91 Å². The second-order valence-corrected chi connectivity index (χ2v) is 6.13. The highest BCUT2D eigenvalue weighted by atomic mass is 79.9. The van der Waals surface area contributed by atoms with Crippen molar-refractivity contribution in [2.45, 2.75) is 6.54 Å². The summed E-state index contributed by atoms with van der Waals surface area (Å²) in [7, 11) is 3.67. The first-order valence-corrected chi connectivity index (χ1v) is 7.53. The lowest BCUT2D eigenvalue weighted by atomic mass is 10.2. The Kier molecular flexibility index (Phi) is 4.61. The second-order valence-electron chi connectivity index (χ2n) is 4.22. The van der Waals surface area contributed by atoms with Crippen LogP contribution in [-0.2, 0) is 6.54 Å². The number of rotatable bonds is 4. The van der Waals surface area contributed by atoms with Crippen molar-refractivity contribution in [1.29, 1.82) is 0 Å². The molecular weight excluding hydrogens is 324 g/mol. The molecule has 2 rings (SSSR count). The maximum atomic E-state index is 12.3. The zero-order valence-electron chi connectivity index (χ0n) is 10.8. The molecule has 1 aromatic carbocycles. The molecule has 1 heterocycles. The normalized spacial score (nSPS) is 10.3. The molecule has 1 N–H and O–H groups in total. The van der Waals surface area contributed by atoms with Crippen molar-refractivity contribution in [1.82, 2.24) is 4.90 Å². The van der Waals surface area contributed by atoms with E-state index in [4.69, 9.17) is 0 Å². The lowest BCUT2D eigenvalue weighted by Crippen LogP contribution is -2.25. The predicted octanol–water partition coefficient (Wildman–Crippen LogP) is 3.82. The Hall–Kier alpha value is -1.33. The Morgan fingerprint density at radius 2 is 2.21 bits per heavy atom. The highest BCUT2D eigenvalue weighted by molar-refractivity contribution is 9.10. The zero-order valence-corrected chi connectivity index (χ0v) is 13.2. The fraction of sp³-hybridized carbons (Fsp3) is 0.214. The summed E-state index contributed by atoms with van der Waals surface area (Å²) in [6.45, 7) is 0.624. The smallest absolute Gasteiger partial charge is 0.253 e. The van der Waals surface area contributed by atoms with Gasteiger partial charge in [-0.2, -0.15) is 0 Å². The van der Waals surface area contributed by atoms with Gasteiger partial charge < -0.3 is 10.2 Å². The van der Waals surface area contributed by atoms with E-state index in [2.05, 4.69) is 21.2 Å². The summed E-state index contributed by atoms with van der Waals surface area (Å²) in [5.74, 6) is 0.0293. The molecule has 0 fully saturated rings. The van der Waals surface area contributed by atoms with Crippen molar-refractivity contribution in [3.8, 4) is 0 Å².